The number of nitro benzene ring substituents is 1. The zero-order valence-corrected chi connectivity index (χ0v) is 16.3. The molecule has 3 rings (SSSR count). The summed E-state index contributed by atoms with van der Waals surface area (Å²) in [6, 6.07) is 11.2. The summed E-state index contributed by atoms with van der Waals surface area (Å²) in [5.74, 6) is 0.228. The number of hydrogen-bond acceptors (Lipinski definition) is 7. The van der Waals surface area contributed by atoms with E-state index < -0.39 is 10.9 Å². The number of aromatic nitrogens is 1. The molecule has 3 aromatic rings. The van der Waals surface area contributed by atoms with Crippen molar-refractivity contribution in [2.45, 2.75) is 13.3 Å². The van der Waals surface area contributed by atoms with Gasteiger partial charge in [0, 0.05) is 17.5 Å². The number of carbonyl (C=O) groups is 1. The minimum Gasteiger partial charge on any atom is -0.493 e. The van der Waals surface area contributed by atoms with Gasteiger partial charge in [-0.3, -0.25) is 14.9 Å². The molecule has 0 aliphatic heterocycles. The van der Waals surface area contributed by atoms with E-state index in [4.69, 9.17) is 21.1 Å². The minimum absolute atomic E-state index is 0.00726. The minimum atomic E-state index is -0.575. The van der Waals surface area contributed by atoms with Crippen molar-refractivity contribution in [2.75, 3.05) is 6.61 Å². The molecule has 0 amide bonds. The fourth-order valence-electron chi connectivity index (χ4n) is 2.43. The third-order valence-corrected chi connectivity index (χ3v) is 4.86. The van der Waals surface area contributed by atoms with Gasteiger partial charge in [-0.25, -0.2) is 4.98 Å². The highest BCUT2D eigenvalue weighted by atomic mass is 35.5. The molecule has 0 aliphatic carbocycles. The lowest BCUT2D eigenvalue weighted by Gasteiger charge is -2.07. The molecule has 0 N–H and O–H groups in total. The summed E-state index contributed by atoms with van der Waals surface area (Å²) in [6.45, 7) is 2.45. The summed E-state index contributed by atoms with van der Waals surface area (Å²) >= 11 is 7.34. The smallest absolute Gasteiger partial charge is 0.317 e. The van der Waals surface area contributed by atoms with Gasteiger partial charge in [0.15, 0.2) is 0 Å². The van der Waals surface area contributed by atoms with Crippen molar-refractivity contribution in [3.63, 3.8) is 0 Å². The molecule has 2 aromatic carbocycles. The Kier molecular flexibility index (Phi) is 6.23. The Bertz CT molecular complexity index is 1020. The molecular weight excluding hydrogens is 404 g/mol. The first-order valence-electron chi connectivity index (χ1n) is 8.29. The van der Waals surface area contributed by atoms with E-state index in [1.165, 1.54) is 23.5 Å². The van der Waals surface area contributed by atoms with Crippen LogP contribution in [-0.4, -0.2) is 22.5 Å². The van der Waals surface area contributed by atoms with Crippen molar-refractivity contribution in [1.29, 1.82) is 0 Å². The summed E-state index contributed by atoms with van der Waals surface area (Å²) in [5, 5.41) is 13.2. The average Bonchev–Trinajstić information content (AvgIpc) is 3.12. The predicted molar refractivity (Wildman–Crippen MR) is 106 cm³/mol. The Balaban J connectivity index is 1.70. The first kappa shape index (κ1) is 19.8. The van der Waals surface area contributed by atoms with Crippen LogP contribution in [0.5, 0.6) is 11.5 Å². The Morgan fingerprint density at radius 3 is 2.75 bits per heavy atom. The SMILES string of the molecule is CCOc1ccccc1-c1nc(CC(=O)Oc2ccc([N+](=O)[O-])cc2Cl)cs1. The molecule has 0 saturated carbocycles. The number of esters is 1. The Morgan fingerprint density at radius 2 is 2.04 bits per heavy atom. The largest absolute Gasteiger partial charge is 0.493 e. The highest BCUT2D eigenvalue weighted by Gasteiger charge is 2.16. The molecule has 0 radical (unpaired) electrons. The predicted octanol–water partition coefficient (Wildman–Crippen LogP) is 4.92. The zero-order valence-electron chi connectivity index (χ0n) is 14.8. The van der Waals surface area contributed by atoms with Crippen LogP contribution < -0.4 is 9.47 Å². The molecule has 0 unspecified atom stereocenters. The number of carbonyl (C=O) groups excluding carboxylic acids is 1. The lowest BCUT2D eigenvalue weighted by molar-refractivity contribution is -0.384. The van der Waals surface area contributed by atoms with Gasteiger partial charge in [-0.05, 0) is 25.1 Å². The molecule has 7 nitrogen and oxygen atoms in total. The maximum absolute atomic E-state index is 12.2. The number of halogens is 1. The normalized spacial score (nSPS) is 10.5. The number of para-hydroxylation sites is 1. The molecule has 0 bridgehead atoms. The molecular formula is C19H15ClN2O5S. The van der Waals surface area contributed by atoms with Crippen LogP contribution >= 0.6 is 22.9 Å². The van der Waals surface area contributed by atoms with Crippen molar-refractivity contribution in [1.82, 2.24) is 4.98 Å². The van der Waals surface area contributed by atoms with Gasteiger partial charge >= 0.3 is 5.97 Å². The van der Waals surface area contributed by atoms with E-state index in [-0.39, 0.29) is 22.9 Å². The maximum atomic E-state index is 12.2. The molecule has 1 heterocycles. The van der Waals surface area contributed by atoms with Gasteiger partial charge in [-0.15, -0.1) is 11.3 Å². The fourth-order valence-corrected chi connectivity index (χ4v) is 3.49. The van der Waals surface area contributed by atoms with Crippen molar-refractivity contribution in [3.8, 4) is 22.1 Å². The van der Waals surface area contributed by atoms with Crippen LogP contribution in [0.1, 0.15) is 12.6 Å². The van der Waals surface area contributed by atoms with Crippen molar-refractivity contribution < 1.29 is 19.2 Å². The van der Waals surface area contributed by atoms with Gasteiger partial charge in [0.05, 0.1) is 34.2 Å². The molecule has 0 fully saturated rings. The van der Waals surface area contributed by atoms with Crippen molar-refractivity contribution >= 4 is 34.6 Å². The Morgan fingerprint density at radius 1 is 1.25 bits per heavy atom. The quantitative estimate of drug-likeness (QED) is 0.234. The number of nitro groups is 1. The summed E-state index contributed by atoms with van der Waals surface area (Å²) in [7, 11) is 0. The third-order valence-electron chi connectivity index (χ3n) is 3.64. The number of nitrogens with zero attached hydrogens (tertiary/aromatic N) is 2. The zero-order chi connectivity index (χ0) is 20.1. The summed E-state index contributed by atoms with van der Waals surface area (Å²) in [6.07, 6.45) is -0.0549. The Labute approximate surface area is 169 Å². The number of benzene rings is 2. The van der Waals surface area contributed by atoms with Gasteiger partial charge in [0.1, 0.15) is 16.5 Å². The number of hydrogen-bond donors (Lipinski definition) is 0. The second kappa shape index (κ2) is 8.81. The van der Waals surface area contributed by atoms with E-state index in [1.54, 1.807) is 5.38 Å². The molecule has 28 heavy (non-hydrogen) atoms. The Hall–Kier alpha value is -2.97. The summed E-state index contributed by atoms with van der Waals surface area (Å²) in [5.41, 5.74) is 1.23. The monoisotopic (exact) mass is 418 g/mol. The molecule has 1 aromatic heterocycles. The maximum Gasteiger partial charge on any atom is 0.317 e. The third kappa shape index (κ3) is 4.65. The van der Waals surface area contributed by atoms with E-state index in [1.807, 2.05) is 31.2 Å². The number of non-ortho nitro benzene ring substituents is 1. The molecule has 0 saturated heterocycles. The molecule has 0 aliphatic rings. The second-order valence-electron chi connectivity index (χ2n) is 5.60. The summed E-state index contributed by atoms with van der Waals surface area (Å²) < 4.78 is 10.8. The molecule has 0 atom stereocenters. The average molecular weight is 419 g/mol. The lowest BCUT2D eigenvalue weighted by atomic mass is 10.2. The standard InChI is InChI=1S/C19H15ClN2O5S/c1-2-26-16-6-4-3-5-14(16)19-21-12(11-28-19)9-18(23)27-17-8-7-13(22(24)25)10-15(17)20/h3-8,10-11H,2,9H2,1H3. The van der Waals surface area contributed by atoms with Gasteiger partial charge < -0.3 is 9.47 Å². The fraction of sp³-hybridized carbons (Fsp3) is 0.158. The van der Waals surface area contributed by atoms with E-state index in [0.29, 0.717) is 12.3 Å². The van der Waals surface area contributed by atoms with Crippen molar-refractivity contribution in [2.24, 2.45) is 0 Å². The van der Waals surface area contributed by atoms with Crippen LogP contribution in [0.15, 0.2) is 47.8 Å². The lowest BCUT2D eigenvalue weighted by Crippen LogP contribution is -2.11. The topological polar surface area (TPSA) is 91.6 Å². The first-order chi connectivity index (χ1) is 13.5. The number of thiazole rings is 1. The van der Waals surface area contributed by atoms with Gasteiger partial charge in [0.25, 0.3) is 5.69 Å². The number of rotatable bonds is 7. The van der Waals surface area contributed by atoms with E-state index >= 15 is 0 Å². The number of ether oxygens (including phenoxy) is 2. The highest BCUT2D eigenvalue weighted by Crippen LogP contribution is 2.33. The van der Waals surface area contributed by atoms with Gasteiger partial charge in [-0.2, -0.15) is 0 Å². The van der Waals surface area contributed by atoms with Crippen LogP contribution in [0.25, 0.3) is 10.6 Å². The van der Waals surface area contributed by atoms with Crippen LogP contribution in [-0.2, 0) is 11.2 Å². The highest BCUT2D eigenvalue weighted by molar-refractivity contribution is 7.13. The van der Waals surface area contributed by atoms with Crippen LogP contribution in [0.2, 0.25) is 5.02 Å². The summed E-state index contributed by atoms with van der Waals surface area (Å²) in [4.78, 5) is 26.8. The van der Waals surface area contributed by atoms with Crippen LogP contribution in [0, 0.1) is 10.1 Å². The second-order valence-corrected chi connectivity index (χ2v) is 6.86. The molecule has 144 valence electrons. The van der Waals surface area contributed by atoms with Crippen LogP contribution in [0.4, 0.5) is 5.69 Å². The van der Waals surface area contributed by atoms with Crippen molar-refractivity contribution in [3.05, 3.63) is 68.7 Å². The van der Waals surface area contributed by atoms with Gasteiger partial charge in [0.2, 0.25) is 0 Å². The van der Waals surface area contributed by atoms with Gasteiger partial charge in [-0.1, -0.05) is 23.7 Å². The molecule has 9 heteroatoms. The van der Waals surface area contributed by atoms with E-state index in [9.17, 15) is 14.9 Å². The van der Waals surface area contributed by atoms with E-state index in [0.717, 1.165) is 22.4 Å². The first-order valence-corrected chi connectivity index (χ1v) is 9.55. The van der Waals surface area contributed by atoms with Crippen LogP contribution in [0.3, 0.4) is 0 Å². The molecule has 0 spiro atoms. The van der Waals surface area contributed by atoms with E-state index in [2.05, 4.69) is 4.98 Å².